The highest BCUT2D eigenvalue weighted by atomic mass is 16.3. The first kappa shape index (κ1) is 18.0. The highest BCUT2D eigenvalue weighted by molar-refractivity contribution is 5.79. The van der Waals surface area contributed by atoms with Crippen LogP contribution in [0.4, 0.5) is 0 Å². The summed E-state index contributed by atoms with van der Waals surface area (Å²) in [6.07, 6.45) is 1.75. The molecular formula is C18H26N4O2. The van der Waals surface area contributed by atoms with Gasteiger partial charge in [0.2, 0.25) is 0 Å². The Balaban J connectivity index is 2.03. The quantitative estimate of drug-likeness (QED) is 0.559. The molecule has 0 aliphatic carbocycles. The SMILES string of the molecule is CCNC(=NCc1ccccn1)NCC(C)(O)c1cc(C)oc1C. The largest absolute Gasteiger partial charge is 0.466 e. The van der Waals surface area contributed by atoms with Crippen molar-refractivity contribution in [2.45, 2.75) is 39.8 Å². The average molecular weight is 330 g/mol. The maximum Gasteiger partial charge on any atom is 0.191 e. The third-order valence-corrected chi connectivity index (χ3v) is 3.69. The molecule has 1 atom stereocenters. The molecule has 3 N–H and O–H groups in total. The maximum atomic E-state index is 10.8. The van der Waals surface area contributed by atoms with Crippen molar-refractivity contribution in [1.82, 2.24) is 15.6 Å². The minimum Gasteiger partial charge on any atom is -0.466 e. The summed E-state index contributed by atoms with van der Waals surface area (Å²) >= 11 is 0. The Morgan fingerprint density at radius 3 is 2.71 bits per heavy atom. The van der Waals surface area contributed by atoms with Gasteiger partial charge in [0.05, 0.1) is 18.8 Å². The van der Waals surface area contributed by atoms with E-state index >= 15 is 0 Å². The summed E-state index contributed by atoms with van der Waals surface area (Å²) in [6, 6.07) is 7.62. The number of nitrogens with one attached hydrogen (secondary N) is 2. The molecule has 0 fully saturated rings. The minimum absolute atomic E-state index is 0.320. The number of rotatable bonds is 6. The predicted octanol–water partition coefficient (Wildman–Crippen LogP) is 2.25. The summed E-state index contributed by atoms with van der Waals surface area (Å²) in [5.41, 5.74) is 0.624. The van der Waals surface area contributed by atoms with Crippen molar-refractivity contribution in [2.24, 2.45) is 4.99 Å². The van der Waals surface area contributed by atoms with Crippen molar-refractivity contribution in [2.75, 3.05) is 13.1 Å². The topological polar surface area (TPSA) is 82.7 Å². The smallest absolute Gasteiger partial charge is 0.191 e. The van der Waals surface area contributed by atoms with E-state index in [1.54, 1.807) is 13.1 Å². The van der Waals surface area contributed by atoms with Gasteiger partial charge in [-0.05, 0) is 45.9 Å². The summed E-state index contributed by atoms with van der Waals surface area (Å²) in [6.45, 7) is 9.03. The molecule has 0 saturated heterocycles. The zero-order chi connectivity index (χ0) is 17.6. The number of aryl methyl sites for hydroxylation is 2. The predicted molar refractivity (Wildman–Crippen MR) is 94.8 cm³/mol. The molecule has 0 aliphatic rings. The number of pyridine rings is 1. The first-order chi connectivity index (χ1) is 11.4. The second kappa shape index (κ2) is 7.97. The van der Waals surface area contributed by atoms with Crippen LogP contribution in [0, 0.1) is 13.8 Å². The molecule has 0 bridgehead atoms. The van der Waals surface area contributed by atoms with Crippen LogP contribution in [0.2, 0.25) is 0 Å². The number of hydrogen-bond acceptors (Lipinski definition) is 4. The number of guanidine groups is 1. The third-order valence-electron chi connectivity index (χ3n) is 3.69. The normalized spacial score (nSPS) is 14.3. The molecule has 1 unspecified atom stereocenters. The Morgan fingerprint density at radius 1 is 1.33 bits per heavy atom. The molecule has 2 aromatic rings. The first-order valence-electron chi connectivity index (χ1n) is 8.14. The van der Waals surface area contributed by atoms with E-state index in [-0.39, 0.29) is 0 Å². The molecule has 2 heterocycles. The standard InChI is InChI=1S/C18H26N4O2/c1-5-19-17(21-11-15-8-6-7-9-20-15)22-12-18(4,23)16-10-13(2)24-14(16)3/h6-10,23H,5,11-12H2,1-4H3,(H2,19,21,22). The second-order valence-electron chi connectivity index (χ2n) is 5.97. The van der Waals surface area contributed by atoms with Crippen LogP contribution >= 0.6 is 0 Å². The Labute approximate surface area is 143 Å². The number of nitrogens with zero attached hydrogens (tertiary/aromatic N) is 2. The van der Waals surface area contributed by atoms with Crippen LogP contribution in [0.1, 0.15) is 36.6 Å². The molecule has 0 aliphatic heterocycles. The first-order valence-corrected chi connectivity index (χ1v) is 8.14. The van der Waals surface area contributed by atoms with Gasteiger partial charge in [0.25, 0.3) is 0 Å². The Bertz CT molecular complexity index is 678. The van der Waals surface area contributed by atoms with Gasteiger partial charge >= 0.3 is 0 Å². The molecule has 6 nitrogen and oxygen atoms in total. The van der Waals surface area contributed by atoms with Crippen LogP contribution < -0.4 is 10.6 Å². The van der Waals surface area contributed by atoms with Crippen molar-refractivity contribution in [1.29, 1.82) is 0 Å². The van der Waals surface area contributed by atoms with Crippen LogP contribution in [0.25, 0.3) is 0 Å². The molecule has 0 aromatic carbocycles. The number of furan rings is 1. The van der Waals surface area contributed by atoms with Crippen molar-refractivity contribution >= 4 is 5.96 Å². The van der Waals surface area contributed by atoms with E-state index < -0.39 is 5.60 Å². The Hall–Kier alpha value is -2.34. The van der Waals surface area contributed by atoms with Gasteiger partial charge in [0.15, 0.2) is 5.96 Å². The van der Waals surface area contributed by atoms with Gasteiger partial charge in [-0.15, -0.1) is 0 Å². The molecule has 0 spiro atoms. The highest BCUT2D eigenvalue weighted by Gasteiger charge is 2.27. The van der Waals surface area contributed by atoms with Gasteiger partial charge in [-0.3, -0.25) is 4.98 Å². The molecular weight excluding hydrogens is 304 g/mol. The fourth-order valence-electron chi connectivity index (χ4n) is 2.51. The average Bonchev–Trinajstić information content (AvgIpc) is 2.90. The number of aromatic nitrogens is 1. The molecule has 0 amide bonds. The Morgan fingerprint density at radius 2 is 2.12 bits per heavy atom. The number of hydrogen-bond donors (Lipinski definition) is 3. The zero-order valence-corrected chi connectivity index (χ0v) is 14.8. The van der Waals surface area contributed by atoms with Crippen molar-refractivity contribution < 1.29 is 9.52 Å². The van der Waals surface area contributed by atoms with Gasteiger partial charge in [0, 0.05) is 18.3 Å². The fraction of sp³-hybridized carbons (Fsp3) is 0.444. The third kappa shape index (κ3) is 4.83. The molecule has 2 aromatic heterocycles. The summed E-state index contributed by atoms with van der Waals surface area (Å²) < 4.78 is 5.52. The van der Waals surface area contributed by atoms with E-state index in [1.807, 2.05) is 45.0 Å². The van der Waals surface area contributed by atoms with E-state index in [0.717, 1.165) is 29.3 Å². The molecule has 2 rings (SSSR count). The van der Waals surface area contributed by atoms with Gasteiger partial charge < -0.3 is 20.2 Å². The van der Waals surface area contributed by atoms with Crippen LogP contribution in [0.15, 0.2) is 39.9 Å². The second-order valence-corrected chi connectivity index (χ2v) is 5.97. The summed E-state index contributed by atoms with van der Waals surface area (Å²) in [4.78, 5) is 8.76. The van der Waals surface area contributed by atoms with E-state index in [4.69, 9.17) is 4.42 Å². The lowest BCUT2D eigenvalue weighted by molar-refractivity contribution is 0.0601. The van der Waals surface area contributed by atoms with E-state index in [0.29, 0.717) is 19.0 Å². The van der Waals surface area contributed by atoms with Gasteiger partial charge in [-0.2, -0.15) is 0 Å². The Kier molecular flexibility index (Phi) is 5.98. The van der Waals surface area contributed by atoms with E-state index in [2.05, 4.69) is 20.6 Å². The number of aliphatic imine (C=N–C) groups is 1. The van der Waals surface area contributed by atoms with Crippen molar-refractivity contribution in [3.05, 3.63) is 53.2 Å². The lowest BCUT2D eigenvalue weighted by Crippen LogP contribution is -2.44. The van der Waals surface area contributed by atoms with Crippen molar-refractivity contribution in [3.8, 4) is 0 Å². The van der Waals surface area contributed by atoms with E-state index in [9.17, 15) is 5.11 Å². The summed E-state index contributed by atoms with van der Waals surface area (Å²) in [5, 5.41) is 17.1. The summed E-state index contributed by atoms with van der Waals surface area (Å²) in [7, 11) is 0. The van der Waals surface area contributed by atoms with Crippen LogP contribution in [0.5, 0.6) is 0 Å². The lowest BCUT2D eigenvalue weighted by Gasteiger charge is -2.24. The fourth-order valence-corrected chi connectivity index (χ4v) is 2.51. The molecule has 0 saturated carbocycles. The highest BCUT2D eigenvalue weighted by Crippen LogP contribution is 2.26. The van der Waals surface area contributed by atoms with Crippen LogP contribution in [0.3, 0.4) is 0 Å². The number of aliphatic hydroxyl groups is 1. The van der Waals surface area contributed by atoms with E-state index in [1.165, 1.54) is 0 Å². The van der Waals surface area contributed by atoms with Gasteiger partial charge in [-0.1, -0.05) is 6.07 Å². The maximum absolute atomic E-state index is 10.8. The molecule has 0 radical (unpaired) electrons. The molecule has 24 heavy (non-hydrogen) atoms. The van der Waals surface area contributed by atoms with Gasteiger partial charge in [0.1, 0.15) is 17.1 Å². The lowest BCUT2D eigenvalue weighted by atomic mass is 9.96. The summed E-state index contributed by atoms with van der Waals surface area (Å²) in [5.74, 6) is 2.16. The van der Waals surface area contributed by atoms with Crippen LogP contribution in [-0.2, 0) is 12.1 Å². The molecule has 6 heteroatoms. The van der Waals surface area contributed by atoms with Gasteiger partial charge in [-0.25, -0.2) is 4.99 Å². The minimum atomic E-state index is -1.05. The molecule has 130 valence electrons. The van der Waals surface area contributed by atoms with Crippen molar-refractivity contribution in [3.63, 3.8) is 0 Å². The van der Waals surface area contributed by atoms with Crippen LogP contribution in [-0.4, -0.2) is 29.1 Å². The zero-order valence-electron chi connectivity index (χ0n) is 14.8. The monoisotopic (exact) mass is 330 g/mol.